The van der Waals surface area contributed by atoms with Crippen LogP contribution >= 0.6 is 0 Å². The van der Waals surface area contributed by atoms with Gasteiger partial charge in [-0.25, -0.2) is 0 Å². The number of anilines is 1. The highest BCUT2D eigenvalue weighted by Gasteiger charge is 2.48. The second kappa shape index (κ2) is 9.05. The van der Waals surface area contributed by atoms with Gasteiger partial charge in [0.15, 0.2) is 0 Å². The molecule has 0 saturated heterocycles. The van der Waals surface area contributed by atoms with Crippen molar-refractivity contribution in [1.29, 1.82) is 0 Å². The molecule has 0 radical (unpaired) electrons. The number of methoxy groups -OCH3 is 1. The highest BCUT2D eigenvalue weighted by Crippen LogP contribution is 2.49. The highest BCUT2D eigenvalue weighted by atomic mass is 16.5. The lowest BCUT2D eigenvalue weighted by molar-refractivity contribution is -0.123. The Balaban J connectivity index is 1.53. The van der Waals surface area contributed by atoms with E-state index in [1.54, 1.807) is 7.11 Å². The minimum absolute atomic E-state index is 0.0106. The molecule has 3 aromatic carbocycles. The van der Waals surface area contributed by atoms with E-state index in [0.29, 0.717) is 12.8 Å². The zero-order valence-electron chi connectivity index (χ0n) is 20.7. The summed E-state index contributed by atoms with van der Waals surface area (Å²) in [6, 6.07) is 23.7. The van der Waals surface area contributed by atoms with Crippen LogP contribution in [-0.4, -0.2) is 24.5 Å². The van der Waals surface area contributed by atoms with Gasteiger partial charge in [0.05, 0.1) is 30.4 Å². The third kappa shape index (κ3) is 4.02. The van der Waals surface area contributed by atoms with E-state index in [1.165, 1.54) is 0 Å². The van der Waals surface area contributed by atoms with Crippen molar-refractivity contribution in [1.82, 2.24) is 0 Å². The summed E-state index contributed by atoms with van der Waals surface area (Å²) in [5.74, 6) is 0.608. The molecule has 0 bridgehead atoms. The van der Waals surface area contributed by atoms with Crippen LogP contribution in [0.4, 0.5) is 11.4 Å². The number of hydrogen-bond acceptors (Lipinski definition) is 4. The number of aryl methyl sites for hydroxylation is 1. The fourth-order valence-corrected chi connectivity index (χ4v) is 5.74. The Morgan fingerprint density at radius 3 is 2.39 bits per heavy atom. The van der Waals surface area contributed by atoms with Gasteiger partial charge in [0, 0.05) is 18.1 Å². The maximum absolute atomic E-state index is 14.0. The summed E-state index contributed by atoms with van der Waals surface area (Å²) in [7, 11) is 1.64. The number of ketones is 1. The van der Waals surface area contributed by atoms with E-state index >= 15 is 0 Å². The SMILES string of the molecule is COc1ccc(C2C3C(=O)CC(c4ccccc4)CC3=Nc3ccc(C)cc3N2C(=O)C2CC2)cc1. The van der Waals surface area contributed by atoms with Crippen molar-refractivity contribution >= 4 is 28.8 Å². The molecule has 0 N–H and O–H groups in total. The Bertz CT molecular complexity index is 1340. The minimum Gasteiger partial charge on any atom is -0.497 e. The van der Waals surface area contributed by atoms with E-state index in [2.05, 4.69) is 12.1 Å². The number of rotatable bonds is 4. The maximum atomic E-state index is 14.0. The number of hydrogen-bond donors (Lipinski definition) is 0. The molecule has 1 aliphatic heterocycles. The van der Waals surface area contributed by atoms with Crippen LogP contribution in [0.1, 0.15) is 54.3 Å². The van der Waals surface area contributed by atoms with Gasteiger partial charge in [-0.05, 0) is 73.1 Å². The molecule has 3 unspecified atom stereocenters. The van der Waals surface area contributed by atoms with Crippen molar-refractivity contribution in [3.05, 3.63) is 89.5 Å². The first-order valence-corrected chi connectivity index (χ1v) is 12.8. The van der Waals surface area contributed by atoms with Crippen LogP contribution in [0.15, 0.2) is 77.8 Å². The summed E-state index contributed by atoms with van der Waals surface area (Å²) in [6.45, 7) is 2.03. The second-order valence-corrected chi connectivity index (χ2v) is 10.3. The lowest BCUT2D eigenvalue weighted by Crippen LogP contribution is -2.46. The summed E-state index contributed by atoms with van der Waals surface area (Å²) < 4.78 is 5.40. The summed E-state index contributed by atoms with van der Waals surface area (Å²) in [4.78, 5) is 34.9. The number of fused-ring (bicyclic) bond motifs is 2. The molecule has 36 heavy (non-hydrogen) atoms. The van der Waals surface area contributed by atoms with Gasteiger partial charge in [-0.15, -0.1) is 0 Å². The molecule has 3 aromatic rings. The van der Waals surface area contributed by atoms with Crippen molar-refractivity contribution in [3.63, 3.8) is 0 Å². The topological polar surface area (TPSA) is 59.0 Å². The summed E-state index contributed by atoms with van der Waals surface area (Å²) >= 11 is 0. The van der Waals surface area contributed by atoms with Gasteiger partial charge in [-0.1, -0.05) is 48.5 Å². The van der Waals surface area contributed by atoms with E-state index < -0.39 is 12.0 Å². The molecule has 3 aliphatic rings. The van der Waals surface area contributed by atoms with Crippen molar-refractivity contribution in [2.75, 3.05) is 12.0 Å². The molecule has 0 spiro atoms. The van der Waals surface area contributed by atoms with Crippen molar-refractivity contribution in [3.8, 4) is 5.75 Å². The predicted molar refractivity (Wildman–Crippen MR) is 141 cm³/mol. The van der Waals surface area contributed by atoms with Crippen LogP contribution in [0.25, 0.3) is 0 Å². The smallest absolute Gasteiger partial charge is 0.230 e. The third-order valence-electron chi connectivity index (χ3n) is 7.75. The largest absolute Gasteiger partial charge is 0.497 e. The number of aliphatic imine (C=N–C) groups is 1. The van der Waals surface area contributed by atoms with Gasteiger partial charge in [-0.2, -0.15) is 0 Å². The molecular weight excluding hydrogens is 448 g/mol. The fraction of sp³-hybridized carbons (Fsp3) is 0.323. The lowest BCUT2D eigenvalue weighted by atomic mass is 9.72. The standard InChI is InChI=1S/C31H30N2O3/c1-19-8-15-25-27(16-19)33(31(35)22-9-10-22)30(21-11-13-24(36-2)14-12-21)29-26(32-25)17-23(18-28(29)34)20-6-4-3-5-7-20/h3-8,11-16,22-23,29-30H,9-10,17-18H2,1-2H3. The van der Waals surface area contributed by atoms with E-state index in [9.17, 15) is 9.59 Å². The molecule has 0 aromatic heterocycles. The van der Waals surface area contributed by atoms with Crippen molar-refractivity contribution in [2.24, 2.45) is 16.8 Å². The molecule has 2 aliphatic carbocycles. The Hall–Kier alpha value is -3.73. The predicted octanol–water partition coefficient (Wildman–Crippen LogP) is 6.34. The average molecular weight is 479 g/mol. The lowest BCUT2D eigenvalue weighted by Gasteiger charge is -2.39. The molecule has 2 fully saturated rings. The van der Waals surface area contributed by atoms with E-state index in [0.717, 1.165) is 52.4 Å². The summed E-state index contributed by atoms with van der Waals surface area (Å²) in [5, 5.41) is 0. The van der Waals surface area contributed by atoms with Crippen LogP contribution < -0.4 is 9.64 Å². The first-order valence-electron chi connectivity index (χ1n) is 12.8. The average Bonchev–Trinajstić information content (AvgIpc) is 3.75. The van der Waals surface area contributed by atoms with Crippen molar-refractivity contribution in [2.45, 2.75) is 44.6 Å². The molecule has 182 valence electrons. The molecule has 6 rings (SSSR count). The van der Waals surface area contributed by atoms with E-state index in [-0.39, 0.29) is 23.5 Å². The monoisotopic (exact) mass is 478 g/mol. The number of amides is 1. The van der Waals surface area contributed by atoms with Gasteiger partial charge >= 0.3 is 0 Å². The Morgan fingerprint density at radius 1 is 0.944 bits per heavy atom. The van der Waals surface area contributed by atoms with E-state index in [1.807, 2.05) is 72.5 Å². The highest BCUT2D eigenvalue weighted by molar-refractivity contribution is 6.13. The van der Waals surface area contributed by atoms with E-state index in [4.69, 9.17) is 9.73 Å². The van der Waals surface area contributed by atoms with Gasteiger partial charge in [0.1, 0.15) is 11.5 Å². The van der Waals surface area contributed by atoms with Gasteiger partial charge in [-0.3, -0.25) is 14.6 Å². The normalized spacial score (nSPS) is 23.3. The molecular formula is C31H30N2O3. The number of carbonyl (C=O) groups is 2. The number of benzene rings is 3. The molecule has 2 saturated carbocycles. The second-order valence-electron chi connectivity index (χ2n) is 10.3. The zero-order chi connectivity index (χ0) is 24.8. The van der Waals surface area contributed by atoms with Crippen LogP contribution in [0.2, 0.25) is 0 Å². The molecule has 1 heterocycles. The Kier molecular flexibility index (Phi) is 5.71. The molecule has 5 heteroatoms. The van der Waals surface area contributed by atoms with Gasteiger partial charge in [0.2, 0.25) is 5.91 Å². The number of Topliss-reactive ketones (excluding diaryl/α,β-unsaturated/α-hetero) is 1. The first-order chi connectivity index (χ1) is 17.5. The number of carbonyl (C=O) groups excluding carboxylic acids is 2. The summed E-state index contributed by atoms with van der Waals surface area (Å²) in [6.07, 6.45) is 2.94. The molecule has 1 amide bonds. The van der Waals surface area contributed by atoms with Crippen molar-refractivity contribution < 1.29 is 14.3 Å². The minimum atomic E-state index is -0.478. The molecule has 5 nitrogen and oxygen atoms in total. The number of ether oxygens (including phenoxy) is 1. The Labute approximate surface area is 211 Å². The summed E-state index contributed by atoms with van der Waals surface area (Å²) in [5.41, 5.74) is 5.60. The van der Waals surface area contributed by atoms with Crippen LogP contribution in [-0.2, 0) is 9.59 Å². The fourth-order valence-electron chi connectivity index (χ4n) is 5.74. The van der Waals surface area contributed by atoms with Crippen LogP contribution in [0, 0.1) is 18.8 Å². The van der Waals surface area contributed by atoms with Crippen LogP contribution in [0.3, 0.4) is 0 Å². The number of nitrogens with zero attached hydrogens (tertiary/aromatic N) is 2. The first kappa shape index (κ1) is 22.7. The van der Waals surface area contributed by atoms with Gasteiger partial charge < -0.3 is 9.64 Å². The zero-order valence-corrected chi connectivity index (χ0v) is 20.7. The van der Waals surface area contributed by atoms with Crippen LogP contribution in [0.5, 0.6) is 5.75 Å². The maximum Gasteiger partial charge on any atom is 0.230 e. The quantitative estimate of drug-likeness (QED) is 0.440. The molecule has 3 atom stereocenters. The Morgan fingerprint density at radius 2 is 1.69 bits per heavy atom. The van der Waals surface area contributed by atoms with Gasteiger partial charge in [0.25, 0.3) is 0 Å². The third-order valence-corrected chi connectivity index (χ3v) is 7.75.